The number of benzene rings is 1. The lowest BCUT2D eigenvalue weighted by molar-refractivity contribution is 0.0668. The maximum absolute atomic E-state index is 12.4. The van der Waals surface area contributed by atoms with E-state index in [0.29, 0.717) is 11.5 Å². The van der Waals surface area contributed by atoms with Gasteiger partial charge in [-0.05, 0) is 56.6 Å². The third-order valence-corrected chi connectivity index (χ3v) is 3.68. The number of carboxylic acids is 1. The van der Waals surface area contributed by atoms with Crippen LogP contribution in [0.25, 0.3) is 0 Å². The highest BCUT2D eigenvalue weighted by Gasteiger charge is 2.24. The van der Waals surface area contributed by atoms with E-state index in [1.807, 2.05) is 11.9 Å². The van der Waals surface area contributed by atoms with Crippen LogP contribution in [-0.4, -0.2) is 48.6 Å². The van der Waals surface area contributed by atoms with Crippen molar-refractivity contribution in [3.8, 4) is 0 Å². The van der Waals surface area contributed by atoms with E-state index in [1.54, 1.807) is 12.1 Å². The van der Waals surface area contributed by atoms with Gasteiger partial charge in [-0.2, -0.15) is 0 Å². The molecule has 1 aromatic carbocycles. The van der Waals surface area contributed by atoms with Crippen molar-refractivity contribution in [2.75, 3.05) is 26.7 Å². The normalized spacial score (nSPS) is 18.9. The Hall–Kier alpha value is -1.88. The number of aromatic carboxylic acids is 1. The standard InChI is InChI=1S/C15H20N2O3/c1-16-9-11-3-2-8-17(10-11)14(18)12-4-6-13(7-5-12)15(19)20/h4-7,11,16H,2-3,8-10H2,1H3,(H,19,20). The van der Waals surface area contributed by atoms with Crippen LogP contribution < -0.4 is 5.32 Å². The van der Waals surface area contributed by atoms with E-state index >= 15 is 0 Å². The molecule has 2 rings (SSSR count). The van der Waals surface area contributed by atoms with Crippen LogP contribution in [-0.2, 0) is 0 Å². The molecule has 5 heteroatoms. The van der Waals surface area contributed by atoms with Crippen molar-refractivity contribution in [1.82, 2.24) is 10.2 Å². The number of amides is 1. The summed E-state index contributed by atoms with van der Waals surface area (Å²) in [6.45, 7) is 2.46. The zero-order valence-corrected chi connectivity index (χ0v) is 11.6. The third kappa shape index (κ3) is 3.36. The summed E-state index contributed by atoms with van der Waals surface area (Å²) < 4.78 is 0. The van der Waals surface area contributed by atoms with Gasteiger partial charge in [-0.1, -0.05) is 0 Å². The number of nitrogens with one attached hydrogen (secondary N) is 1. The van der Waals surface area contributed by atoms with Crippen LogP contribution in [0.2, 0.25) is 0 Å². The summed E-state index contributed by atoms with van der Waals surface area (Å²) in [7, 11) is 1.92. The van der Waals surface area contributed by atoms with Gasteiger partial charge in [0.25, 0.3) is 5.91 Å². The molecule has 1 fully saturated rings. The first kappa shape index (κ1) is 14.5. The van der Waals surface area contributed by atoms with Crippen LogP contribution in [0.3, 0.4) is 0 Å². The van der Waals surface area contributed by atoms with Crippen LogP contribution in [0.5, 0.6) is 0 Å². The largest absolute Gasteiger partial charge is 0.478 e. The highest BCUT2D eigenvalue weighted by molar-refractivity contribution is 5.95. The summed E-state index contributed by atoms with van der Waals surface area (Å²) in [5.41, 5.74) is 0.758. The maximum Gasteiger partial charge on any atom is 0.335 e. The second-order valence-electron chi connectivity index (χ2n) is 5.20. The molecule has 0 radical (unpaired) electrons. The minimum absolute atomic E-state index is 0.0114. The first-order valence-corrected chi connectivity index (χ1v) is 6.89. The molecule has 1 unspecified atom stereocenters. The number of hydrogen-bond acceptors (Lipinski definition) is 3. The Labute approximate surface area is 118 Å². The van der Waals surface area contributed by atoms with Gasteiger partial charge in [0.1, 0.15) is 0 Å². The Balaban J connectivity index is 2.04. The van der Waals surface area contributed by atoms with Crippen molar-refractivity contribution in [3.63, 3.8) is 0 Å². The summed E-state index contributed by atoms with van der Waals surface area (Å²) in [4.78, 5) is 25.0. The number of piperidine rings is 1. The van der Waals surface area contributed by atoms with E-state index in [2.05, 4.69) is 5.32 Å². The predicted octanol–water partition coefficient (Wildman–Crippen LogP) is 1.46. The Kier molecular flexibility index (Phi) is 4.74. The zero-order chi connectivity index (χ0) is 14.5. The fourth-order valence-corrected chi connectivity index (χ4v) is 2.64. The molecule has 108 valence electrons. The molecule has 1 aliphatic rings. The minimum Gasteiger partial charge on any atom is -0.478 e. The summed E-state index contributed by atoms with van der Waals surface area (Å²) in [6.07, 6.45) is 2.16. The molecule has 0 bridgehead atoms. The molecule has 0 saturated carbocycles. The second-order valence-corrected chi connectivity index (χ2v) is 5.20. The highest BCUT2D eigenvalue weighted by Crippen LogP contribution is 2.18. The molecule has 0 aromatic heterocycles. The Bertz CT molecular complexity index is 482. The van der Waals surface area contributed by atoms with Crippen molar-refractivity contribution < 1.29 is 14.7 Å². The third-order valence-electron chi connectivity index (χ3n) is 3.68. The number of carbonyl (C=O) groups excluding carboxylic acids is 1. The highest BCUT2D eigenvalue weighted by atomic mass is 16.4. The summed E-state index contributed by atoms with van der Waals surface area (Å²) in [6, 6.07) is 6.14. The molecule has 1 heterocycles. The first-order chi connectivity index (χ1) is 9.61. The molecule has 0 aliphatic carbocycles. The Morgan fingerprint density at radius 1 is 1.30 bits per heavy atom. The van der Waals surface area contributed by atoms with Gasteiger partial charge in [-0.15, -0.1) is 0 Å². The van der Waals surface area contributed by atoms with E-state index in [0.717, 1.165) is 32.5 Å². The lowest BCUT2D eigenvalue weighted by Gasteiger charge is -2.32. The van der Waals surface area contributed by atoms with E-state index in [4.69, 9.17) is 5.11 Å². The molecule has 5 nitrogen and oxygen atoms in total. The van der Waals surface area contributed by atoms with Crippen molar-refractivity contribution >= 4 is 11.9 Å². The fraction of sp³-hybridized carbons (Fsp3) is 0.467. The van der Waals surface area contributed by atoms with Gasteiger partial charge in [0, 0.05) is 18.7 Å². The quantitative estimate of drug-likeness (QED) is 0.873. The first-order valence-electron chi connectivity index (χ1n) is 6.89. The van der Waals surface area contributed by atoms with Crippen LogP contribution in [0.1, 0.15) is 33.6 Å². The molecule has 1 amide bonds. The number of likely N-dealkylation sites (tertiary alicyclic amines) is 1. The van der Waals surface area contributed by atoms with Crippen molar-refractivity contribution in [2.45, 2.75) is 12.8 Å². The molecular weight excluding hydrogens is 256 g/mol. The van der Waals surface area contributed by atoms with Crippen molar-refractivity contribution in [2.24, 2.45) is 5.92 Å². The van der Waals surface area contributed by atoms with E-state index in [9.17, 15) is 9.59 Å². The predicted molar refractivity (Wildman–Crippen MR) is 76.0 cm³/mol. The molecule has 1 aromatic rings. The monoisotopic (exact) mass is 276 g/mol. The maximum atomic E-state index is 12.4. The summed E-state index contributed by atoms with van der Waals surface area (Å²) >= 11 is 0. The lowest BCUT2D eigenvalue weighted by Crippen LogP contribution is -2.42. The van der Waals surface area contributed by atoms with Crippen molar-refractivity contribution in [1.29, 1.82) is 0 Å². The van der Waals surface area contributed by atoms with Gasteiger partial charge < -0.3 is 15.3 Å². The van der Waals surface area contributed by atoms with Gasteiger partial charge in [0.15, 0.2) is 0 Å². The van der Waals surface area contributed by atoms with Gasteiger partial charge in [-0.3, -0.25) is 4.79 Å². The molecular formula is C15H20N2O3. The summed E-state index contributed by atoms with van der Waals surface area (Å²) in [5.74, 6) is -0.491. The van der Waals surface area contributed by atoms with Crippen LogP contribution in [0.15, 0.2) is 24.3 Å². The van der Waals surface area contributed by atoms with Crippen molar-refractivity contribution in [3.05, 3.63) is 35.4 Å². The number of rotatable bonds is 4. The van der Waals surface area contributed by atoms with Crippen LogP contribution in [0, 0.1) is 5.92 Å². The topological polar surface area (TPSA) is 69.6 Å². The zero-order valence-electron chi connectivity index (χ0n) is 11.6. The van der Waals surface area contributed by atoms with E-state index < -0.39 is 5.97 Å². The smallest absolute Gasteiger partial charge is 0.335 e. The summed E-state index contributed by atoms with van der Waals surface area (Å²) in [5, 5.41) is 12.0. The molecule has 20 heavy (non-hydrogen) atoms. The van der Waals surface area contributed by atoms with Gasteiger partial charge in [0.05, 0.1) is 5.56 Å². The van der Waals surface area contributed by atoms with Crippen LogP contribution >= 0.6 is 0 Å². The molecule has 1 aliphatic heterocycles. The van der Waals surface area contributed by atoms with Crippen LogP contribution in [0.4, 0.5) is 0 Å². The Morgan fingerprint density at radius 2 is 1.95 bits per heavy atom. The molecule has 0 spiro atoms. The molecule has 2 N–H and O–H groups in total. The SMILES string of the molecule is CNCC1CCCN(C(=O)c2ccc(C(=O)O)cc2)C1. The fourth-order valence-electron chi connectivity index (χ4n) is 2.64. The Morgan fingerprint density at radius 3 is 2.55 bits per heavy atom. The van der Waals surface area contributed by atoms with Gasteiger partial charge >= 0.3 is 5.97 Å². The van der Waals surface area contributed by atoms with E-state index in [1.165, 1.54) is 12.1 Å². The van der Waals surface area contributed by atoms with E-state index in [-0.39, 0.29) is 11.5 Å². The second kappa shape index (κ2) is 6.52. The molecule has 1 saturated heterocycles. The average Bonchev–Trinajstić information content (AvgIpc) is 2.47. The molecule has 1 atom stereocenters. The average molecular weight is 276 g/mol. The number of carboxylic acid groups (broad SMARTS) is 1. The van der Waals surface area contributed by atoms with Gasteiger partial charge in [0.2, 0.25) is 0 Å². The number of nitrogens with zero attached hydrogens (tertiary/aromatic N) is 1. The number of hydrogen-bond donors (Lipinski definition) is 2. The number of carbonyl (C=O) groups is 2. The van der Waals surface area contributed by atoms with Gasteiger partial charge in [-0.25, -0.2) is 4.79 Å². The lowest BCUT2D eigenvalue weighted by atomic mass is 9.97. The minimum atomic E-state index is -0.976.